The number of primary amides is 1. The number of halogens is 2. The van der Waals surface area contributed by atoms with Crippen LogP contribution in [0.25, 0.3) is 11.4 Å². The van der Waals surface area contributed by atoms with Gasteiger partial charge in [-0.3, -0.25) is 19.0 Å². The van der Waals surface area contributed by atoms with Gasteiger partial charge in [-0.2, -0.15) is 0 Å². The number of para-hydroxylation sites is 1. The number of amides is 2. The van der Waals surface area contributed by atoms with E-state index in [9.17, 15) is 23.2 Å². The van der Waals surface area contributed by atoms with Crippen molar-refractivity contribution in [2.24, 2.45) is 5.73 Å². The molecule has 142 valence electrons. The average molecular weight is 384 g/mol. The van der Waals surface area contributed by atoms with E-state index in [0.717, 1.165) is 29.0 Å². The van der Waals surface area contributed by atoms with E-state index < -0.39 is 46.8 Å². The highest BCUT2D eigenvalue weighted by Crippen LogP contribution is 2.19. The Morgan fingerprint density at radius 3 is 2.29 bits per heavy atom. The molecule has 7 nitrogen and oxygen atoms in total. The minimum absolute atomic E-state index is 0.0970. The molecule has 0 radical (unpaired) electrons. The third-order valence-corrected chi connectivity index (χ3v) is 3.87. The summed E-state index contributed by atoms with van der Waals surface area (Å²) >= 11 is 0. The summed E-state index contributed by atoms with van der Waals surface area (Å²) in [5.74, 6) is -3.72. The first-order valence-corrected chi connectivity index (χ1v) is 8.07. The molecule has 0 aliphatic heterocycles. The quantitative estimate of drug-likeness (QED) is 0.701. The van der Waals surface area contributed by atoms with Gasteiger partial charge in [0.05, 0.1) is 0 Å². The average Bonchev–Trinajstić information content (AvgIpc) is 2.67. The normalized spacial score (nSPS) is 10.5. The largest absolute Gasteiger partial charge is 0.365 e. The van der Waals surface area contributed by atoms with Gasteiger partial charge in [0, 0.05) is 11.8 Å². The van der Waals surface area contributed by atoms with Crippen molar-refractivity contribution in [3.05, 3.63) is 82.3 Å². The summed E-state index contributed by atoms with van der Waals surface area (Å²) in [6.45, 7) is -0.634. The number of nitrogens with one attached hydrogen (secondary N) is 1. The number of nitrogens with two attached hydrogens (primary N) is 1. The van der Waals surface area contributed by atoms with E-state index >= 15 is 0 Å². The van der Waals surface area contributed by atoms with Crippen LogP contribution in [0.5, 0.6) is 0 Å². The van der Waals surface area contributed by atoms with Crippen LogP contribution in [-0.4, -0.2) is 21.4 Å². The van der Waals surface area contributed by atoms with Crippen LogP contribution in [0, 0.1) is 11.6 Å². The topological polar surface area (TPSA) is 107 Å². The molecule has 2 aromatic carbocycles. The molecule has 1 heterocycles. The highest BCUT2D eigenvalue weighted by molar-refractivity contribution is 5.93. The fourth-order valence-corrected chi connectivity index (χ4v) is 2.57. The zero-order valence-electron chi connectivity index (χ0n) is 14.4. The molecule has 0 aliphatic carbocycles. The second-order valence-electron chi connectivity index (χ2n) is 5.76. The van der Waals surface area contributed by atoms with Gasteiger partial charge in [0.2, 0.25) is 5.91 Å². The van der Waals surface area contributed by atoms with Crippen LogP contribution in [0.1, 0.15) is 10.4 Å². The molecular formula is C19H14F2N4O3. The molecule has 3 rings (SSSR count). The number of aromatic nitrogens is 2. The van der Waals surface area contributed by atoms with Crippen molar-refractivity contribution in [1.82, 2.24) is 9.55 Å². The van der Waals surface area contributed by atoms with Crippen LogP contribution >= 0.6 is 0 Å². The molecule has 0 unspecified atom stereocenters. The molecule has 0 bridgehead atoms. The first-order chi connectivity index (χ1) is 13.4. The summed E-state index contributed by atoms with van der Waals surface area (Å²) < 4.78 is 28.4. The standard InChI is InChI=1S/C19H14F2N4O3/c20-13-7-4-8-14(21)16(13)24-15(26)10-25-18(11-5-2-1-3-6-11)23-9-12(17(22)27)19(25)28/h1-9H,10H2,(H2,22,27)(H,24,26). The highest BCUT2D eigenvalue weighted by Gasteiger charge is 2.19. The number of benzene rings is 2. The zero-order chi connectivity index (χ0) is 20.3. The van der Waals surface area contributed by atoms with Gasteiger partial charge in [-0.25, -0.2) is 13.8 Å². The van der Waals surface area contributed by atoms with Crippen molar-refractivity contribution in [2.75, 3.05) is 5.32 Å². The van der Waals surface area contributed by atoms with Crippen LogP contribution in [0.2, 0.25) is 0 Å². The van der Waals surface area contributed by atoms with Gasteiger partial charge in [-0.1, -0.05) is 36.4 Å². The molecule has 9 heteroatoms. The minimum atomic E-state index is -1.01. The molecule has 0 fully saturated rings. The van der Waals surface area contributed by atoms with Crippen molar-refractivity contribution >= 4 is 17.5 Å². The summed E-state index contributed by atoms with van der Waals surface area (Å²) in [4.78, 5) is 40.5. The number of nitrogens with zero attached hydrogens (tertiary/aromatic N) is 2. The third kappa shape index (κ3) is 3.78. The van der Waals surface area contributed by atoms with Crippen LogP contribution in [-0.2, 0) is 11.3 Å². The smallest absolute Gasteiger partial charge is 0.267 e. The number of hydrogen-bond acceptors (Lipinski definition) is 4. The van der Waals surface area contributed by atoms with Crippen LogP contribution in [0.3, 0.4) is 0 Å². The molecule has 28 heavy (non-hydrogen) atoms. The van der Waals surface area contributed by atoms with E-state index in [1.54, 1.807) is 30.3 Å². The lowest BCUT2D eigenvalue weighted by molar-refractivity contribution is -0.116. The number of carbonyl (C=O) groups is 2. The molecule has 3 aromatic rings. The first-order valence-electron chi connectivity index (χ1n) is 8.07. The summed E-state index contributed by atoms with van der Waals surface area (Å²) in [6, 6.07) is 11.6. The molecule has 0 saturated carbocycles. The maximum Gasteiger partial charge on any atom is 0.267 e. The van der Waals surface area contributed by atoms with Gasteiger partial charge in [0.15, 0.2) is 0 Å². The van der Waals surface area contributed by atoms with Crippen LogP contribution < -0.4 is 16.6 Å². The van der Waals surface area contributed by atoms with Crippen molar-refractivity contribution in [2.45, 2.75) is 6.54 Å². The van der Waals surface area contributed by atoms with Crippen molar-refractivity contribution in [3.8, 4) is 11.4 Å². The Morgan fingerprint density at radius 2 is 1.68 bits per heavy atom. The summed E-state index contributed by atoms with van der Waals surface area (Å²) in [7, 11) is 0. The molecule has 1 aromatic heterocycles. The fourth-order valence-electron chi connectivity index (χ4n) is 2.57. The van der Waals surface area contributed by atoms with Gasteiger partial charge in [0.25, 0.3) is 11.5 Å². The Labute approximate surface area is 157 Å². The SMILES string of the molecule is NC(=O)c1cnc(-c2ccccc2)n(CC(=O)Nc2c(F)cccc2F)c1=O. The molecule has 2 amide bonds. The lowest BCUT2D eigenvalue weighted by Gasteiger charge is -2.13. The summed E-state index contributed by atoms with van der Waals surface area (Å²) in [5.41, 5.74) is 3.78. The second kappa shape index (κ2) is 7.78. The number of hydrogen-bond donors (Lipinski definition) is 2. The van der Waals surface area contributed by atoms with Gasteiger partial charge in [-0.15, -0.1) is 0 Å². The number of carbonyl (C=O) groups excluding carboxylic acids is 2. The van der Waals surface area contributed by atoms with E-state index in [1.165, 1.54) is 0 Å². The highest BCUT2D eigenvalue weighted by atomic mass is 19.1. The van der Waals surface area contributed by atoms with Crippen molar-refractivity contribution in [1.29, 1.82) is 0 Å². The van der Waals surface area contributed by atoms with E-state index in [0.29, 0.717) is 5.56 Å². The molecule has 0 atom stereocenters. The van der Waals surface area contributed by atoms with Gasteiger partial charge >= 0.3 is 0 Å². The van der Waals surface area contributed by atoms with E-state index in [4.69, 9.17) is 5.73 Å². The Morgan fingerprint density at radius 1 is 1.04 bits per heavy atom. The number of rotatable bonds is 5. The summed E-state index contributed by atoms with van der Waals surface area (Å²) in [6.07, 6.45) is 1.03. The molecule has 3 N–H and O–H groups in total. The molecule has 0 aliphatic rings. The van der Waals surface area contributed by atoms with Crippen molar-refractivity contribution in [3.63, 3.8) is 0 Å². The zero-order valence-corrected chi connectivity index (χ0v) is 14.4. The van der Waals surface area contributed by atoms with E-state index in [1.807, 2.05) is 0 Å². The Hall–Kier alpha value is -3.88. The van der Waals surface area contributed by atoms with Crippen LogP contribution in [0.15, 0.2) is 59.5 Å². The lowest BCUT2D eigenvalue weighted by Crippen LogP contribution is -2.34. The van der Waals surface area contributed by atoms with E-state index in [2.05, 4.69) is 10.3 Å². The molecule has 0 saturated heterocycles. The Balaban J connectivity index is 2.02. The predicted octanol–water partition coefficient (Wildman–Crippen LogP) is 1.93. The Kier molecular flexibility index (Phi) is 5.25. The van der Waals surface area contributed by atoms with E-state index in [-0.39, 0.29) is 5.82 Å². The third-order valence-electron chi connectivity index (χ3n) is 3.87. The molecule has 0 spiro atoms. The number of anilines is 1. The van der Waals surface area contributed by atoms with Gasteiger partial charge in [0.1, 0.15) is 35.3 Å². The first kappa shape index (κ1) is 18.9. The monoisotopic (exact) mass is 384 g/mol. The lowest BCUT2D eigenvalue weighted by atomic mass is 10.2. The summed E-state index contributed by atoms with van der Waals surface area (Å²) in [5, 5.41) is 2.09. The predicted molar refractivity (Wildman–Crippen MR) is 97.4 cm³/mol. The maximum atomic E-state index is 13.7. The van der Waals surface area contributed by atoms with Gasteiger partial charge < -0.3 is 11.1 Å². The molecular weight excluding hydrogens is 370 g/mol. The fraction of sp³-hybridized carbons (Fsp3) is 0.0526. The van der Waals surface area contributed by atoms with Gasteiger partial charge in [-0.05, 0) is 12.1 Å². The van der Waals surface area contributed by atoms with Crippen molar-refractivity contribution < 1.29 is 18.4 Å². The van der Waals surface area contributed by atoms with Crippen LogP contribution in [0.4, 0.5) is 14.5 Å². The maximum absolute atomic E-state index is 13.7. The Bertz CT molecular complexity index is 1090. The second-order valence-corrected chi connectivity index (χ2v) is 5.76. The minimum Gasteiger partial charge on any atom is -0.365 e.